The van der Waals surface area contributed by atoms with E-state index in [1.54, 1.807) is 12.1 Å². The van der Waals surface area contributed by atoms with Gasteiger partial charge in [-0.3, -0.25) is 0 Å². The predicted octanol–water partition coefficient (Wildman–Crippen LogP) is 1.55. The van der Waals surface area contributed by atoms with E-state index < -0.39 is 5.97 Å². The highest BCUT2D eigenvalue weighted by molar-refractivity contribution is 5.86. The molecule has 0 amide bonds. The summed E-state index contributed by atoms with van der Waals surface area (Å²) in [6.07, 6.45) is -0.273. The van der Waals surface area contributed by atoms with Crippen molar-refractivity contribution in [1.82, 2.24) is 5.32 Å². The second-order valence-corrected chi connectivity index (χ2v) is 3.73. The van der Waals surface area contributed by atoms with Gasteiger partial charge in [-0.25, -0.2) is 4.79 Å². The van der Waals surface area contributed by atoms with Crippen LogP contribution in [0.1, 0.15) is 30.2 Å². The molecule has 1 rings (SSSR count). The van der Waals surface area contributed by atoms with Crippen molar-refractivity contribution in [3.63, 3.8) is 0 Å². The molecule has 0 bridgehead atoms. The molecule has 1 heterocycles. The van der Waals surface area contributed by atoms with E-state index in [1.165, 1.54) is 7.11 Å². The molecule has 0 atom stereocenters. The van der Waals surface area contributed by atoms with Gasteiger partial charge in [0.1, 0.15) is 5.76 Å². The normalized spacial score (nSPS) is 10.9. The first-order valence-electron chi connectivity index (χ1n) is 6.32. The Bertz CT molecular complexity index is 371. The van der Waals surface area contributed by atoms with Gasteiger partial charge in [0.2, 0.25) is 5.76 Å². The molecule has 19 heavy (non-hydrogen) atoms. The number of nitrogens with one attached hydrogen (secondary N) is 1. The third-order valence-corrected chi connectivity index (χ3v) is 2.36. The zero-order chi connectivity index (χ0) is 14.1. The standard InChI is InChI=1S/C13H21NO5/c1-4-17-12(18-5-2)9-14-8-10-6-7-11(19-10)13(15)16-3/h6-7,12,14H,4-5,8-9H2,1-3H3. The molecule has 0 spiro atoms. The molecule has 108 valence electrons. The van der Waals surface area contributed by atoms with Crippen LogP contribution in [0.5, 0.6) is 0 Å². The van der Waals surface area contributed by atoms with Gasteiger partial charge in [0.25, 0.3) is 0 Å². The molecule has 0 radical (unpaired) electrons. The van der Waals surface area contributed by atoms with Gasteiger partial charge in [-0.1, -0.05) is 0 Å². The van der Waals surface area contributed by atoms with E-state index in [0.29, 0.717) is 32.1 Å². The Balaban J connectivity index is 2.35. The SMILES string of the molecule is CCOC(CNCc1ccc(C(=O)OC)o1)OCC. The summed E-state index contributed by atoms with van der Waals surface area (Å²) in [5, 5.41) is 3.15. The van der Waals surface area contributed by atoms with Crippen molar-refractivity contribution in [2.45, 2.75) is 26.7 Å². The minimum Gasteiger partial charge on any atom is -0.463 e. The molecule has 1 aromatic heterocycles. The van der Waals surface area contributed by atoms with Gasteiger partial charge in [0.05, 0.1) is 13.7 Å². The van der Waals surface area contributed by atoms with Crippen LogP contribution < -0.4 is 5.32 Å². The lowest BCUT2D eigenvalue weighted by Gasteiger charge is -2.16. The summed E-state index contributed by atoms with van der Waals surface area (Å²) >= 11 is 0. The lowest BCUT2D eigenvalue weighted by atomic mass is 10.4. The first kappa shape index (κ1) is 15.7. The zero-order valence-electron chi connectivity index (χ0n) is 11.6. The summed E-state index contributed by atoms with van der Waals surface area (Å²) in [5.41, 5.74) is 0. The maximum Gasteiger partial charge on any atom is 0.373 e. The second-order valence-electron chi connectivity index (χ2n) is 3.73. The highest BCUT2D eigenvalue weighted by Gasteiger charge is 2.12. The molecule has 6 heteroatoms. The fourth-order valence-corrected chi connectivity index (χ4v) is 1.53. The van der Waals surface area contributed by atoms with Crippen molar-refractivity contribution in [2.24, 2.45) is 0 Å². The van der Waals surface area contributed by atoms with Crippen LogP contribution in [0.3, 0.4) is 0 Å². The number of methoxy groups -OCH3 is 1. The van der Waals surface area contributed by atoms with Crippen molar-refractivity contribution in [3.05, 3.63) is 23.7 Å². The smallest absolute Gasteiger partial charge is 0.373 e. The largest absolute Gasteiger partial charge is 0.463 e. The Labute approximate surface area is 113 Å². The highest BCUT2D eigenvalue weighted by Crippen LogP contribution is 2.08. The zero-order valence-corrected chi connectivity index (χ0v) is 11.6. The number of hydrogen-bond donors (Lipinski definition) is 1. The fourth-order valence-electron chi connectivity index (χ4n) is 1.53. The van der Waals surface area contributed by atoms with Crippen LogP contribution in [0.2, 0.25) is 0 Å². The second kappa shape index (κ2) is 8.68. The molecular weight excluding hydrogens is 250 g/mol. The van der Waals surface area contributed by atoms with Crippen molar-refractivity contribution in [3.8, 4) is 0 Å². The molecule has 0 saturated carbocycles. The summed E-state index contributed by atoms with van der Waals surface area (Å²) in [7, 11) is 1.32. The first-order chi connectivity index (χ1) is 9.21. The number of rotatable bonds is 9. The molecule has 6 nitrogen and oxygen atoms in total. The number of carbonyl (C=O) groups excluding carboxylic acids is 1. The third kappa shape index (κ3) is 5.42. The van der Waals surface area contributed by atoms with Crippen LogP contribution in [0.15, 0.2) is 16.5 Å². The van der Waals surface area contributed by atoms with Crippen molar-refractivity contribution in [2.75, 3.05) is 26.9 Å². The maximum absolute atomic E-state index is 11.2. The fraction of sp³-hybridized carbons (Fsp3) is 0.615. The summed E-state index contributed by atoms with van der Waals surface area (Å²) in [6.45, 7) is 6.07. The van der Waals surface area contributed by atoms with Gasteiger partial charge < -0.3 is 23.9 Å². The maximum atomic E-state index is 11.2. The average molecular weight is 271 g/mol. The summed E-state index contributed by atoms with van der Waals surface area (Å²) in [5.74, 6) is 0.380. The van der Waals surface area contributed by atoms with E-state index >= 15 is 0 Å². The van der Waals surface area contributed by atoms with E-state index in [-0.39, 0.29) is 12.1 Å². The van der Waals surface area contributed by atoms with Gasteiger partial charge in [-0.2, -0.15) is 0 Å². The molecule has 0 aliphatic rings. The van der Waals surface area contributed by atoms with Crippen LogP contribution in [-0.4, -0.2) is 39.1 Å². The molecule has 1 aromatic rings. The first-order valence-corrected chi connectivity index (χ1v) is 6.32. The number of furan rings is 1. The molecule has 0 saturated heterocycles. The summed E-state index contributed by atoms with van der Waals surface area (Å²) in [6, 6.07) is 3.32. The Morgan fingerprint density at radius 2 is 2.00 bits per heavy atom. The van der Waals surface area contributed by atoms with E-state index in [0.717, 1.165) is 0 Å². The molecule has 0 aliphatic carbocycles. The van der Waals surface area contributed by atoms with Crippen LogP contribution in [-0.2, 0) is 20.8 Å². The van der Waals surface area contributed by atoms with Crippen molar-refractivity contribution in [1.29, 1.82) is 0 Å². The molecule has 0 aliphatic heterocycles. The van der Waals surface area contributed by atoms with Gasteiger partial charge in [0, 0.05) is 19.8 Å². The Morgan fingerprint density at radius 1 is 1.32 bits per heavy atom. The van der Waals surface area contributed by atoms with Crippen molar-refractivity contribution < 1.29 is 23.4 Å². The van der Waals surface area contributed by atoms with E-state index in [4.69, 9.17) is 13.9 Å². The molecule has 0 fully saturated rings. The topological polar surface area (TPSA) is 69.9 Å². The Hall–Kier alpha value is -1.37. The minimum atomic E-state index is -0.479. The van der Waals surface area contributed by atoms with Crippen LogP contribution in [0.25, 0.3) is 0 Å². The van der Waals surface area contributed by atoms with E-state index in [2.05, 4.69) is 10.1 Å². The molecule has 1 N–H and O–H groups in total. The summed E-state index contributed by atoms with van der Waals surface area (Å²) < 4.78 is 20.7. The Kier molecular flexibility index (Phi) is 7.17. The monoisotopic (exact) mass is 271 g/mol. The predicted molar refractivity (Wildman–Crippen MR) is 68.8 cm³/mol. The number of hydrogen-bond acceptors (Lipinski definition) is 6. The lowest BCUT2D eigenvalue weighted by molar-refractivity contribution is -0.133. The van der Waals surface area contributed by atoms with E-state index in [9.17, 15) is 4.79 Å². The third-order valence-electron chi connectivity index (χ3n) is 2.36. The number of esters is 1. The Morgan fingerprint density at radius 3 is 2.58 bits per heavy atom. The summed E-state index contributed by atoms with van der Waals surface area (Å²) in [4.78, 5) is 11.2. The number of carbonyl (C=O) groups is 1. The molecule has 0 aromatic carbocycles. The van der Waals surface area contributed by atoms with Gasteiger partial charge in [-0.15, -0.1) is 0 Å². The van der Waals surface area contributed by atoms with Crippen LogP contribution >= 0.6 is 0 Å². The average Bonchev–Trinajstić information content (AvgIpc) is 2.87. The quantitative estimate of drug-likeness (QED) is 0.543. The lowest BCUT2D eigenvalue weighted by Crippen LogP contribution is -2.31. The number of ether oxygens (including phenoxy) is 3. The van der Waals surface area contributed by atoms with Crippen LogP contribution in [0.4, 0.5) is 0 Å². The molecular formula is C13H21NO5. The van der Waals surface area contributed by atoms with Crippen molar-refractivity contribution >= 4 is 5.97 Å². The van der Waals surface area contributed by atoms with Crippen LogP contribution in [0, 0.1) is 0 Å². The van der Waals surface area contributed by atoms with Gasteiger partial charge >= 0.3 is 5.97 Å². The van der Waals surface area contributed by atoms with Gasteiger partial charge in [0.15, 0.2) is 6.29 Å². The van der Waals surface area contributed by atoms with E-state index in [1.807, 2.05) is 13.8 Å². The highest BCUT2D eigenvalue weighted by atomic mass is 16.7. The minimum absolute atomic E-state index is 0.200. The van der Waals surface area contributed by atoms with Gasteiger partial charge in [-0.05, 0) is 26.0 Å². The molecule has 0 unspecified atom stereocenters.